The number of nitrogens with two attached hydrogens (primary N) is 1. The van der Waals surface area contributed by atoms with E-state index in [2.05, 4.69) is 9.80 Å². The number of primary amides is 1. The van der Waals surface area contributed by atoms with E-state index in [-0.39, 0.29) is 11.7 Å². The van der Waals surface area contributed by atoms with Crippen molar-refractivity contribution < 1.29 is 15.0 Å². The molecule has 1 heterocycles. The van der Waals surface area contributed by atoms with Crippen LogP contribution in [0.15, 0.2) is 48.5 Å². The molecule has 1 fully saturated rings. The van der Waals surface area contributed by atoms with E-state index in [4.69, 9.17) is 5.73 Å². The first-order valence-electron chi connectivity index (χ1n) is 10.1. The largest absolute Gasteiger partial charge is 0.508 e. The van der Waals surface area contributed by atoms with E-state index in [1.165, 1.54) is 5.56 Å². The van der Waals surface area contributed by atoms with Crippen molar-refractivity contribution in [1.29, 1.82) is 0 Å². The molecule has 2 atom stereocenters. The maximum atomic E-state index is 11.7. The molecular formula is C23H31N3O3. The third-order valence-corrected chi connectivity index (χ3v) is 5.85. The van der Waals surface area contributed by atoms with Crippen LogP contribution in [-0.2, 0) is 12.0 Å². The van der Waals surface area contributed by atoms with Crippen molar-refractivity contribution in [3.63, 3.8) is 0 Å². The van der Waals surface area contributed by atoms with Crippen LogP contribution in [0.1, 0.15) is 27.9 Å². The van der Waals surface area contributed by atoms with Crippen molar-refractivity contribution >= 4 is 5.91 Å². The average molecular weight is 398 g/mol. The second-order valence-electron chi connectivity index (χ2n) is 8.30. The van der Waals surface area contributed by atoms with Gasteiger partial charge in [0.15, 0.2) is 0 Å². The van der Waals surface area contributed by atoms with Gasteiger partial charge in [-0.05, 0) is 62.3 Å². The number of rotatable bonds is 7. The molecule has 1 aliphatic heterocycles. The predicted octanol–water partition coefficient (Wildman–Crippen LogP) is 1.80. The molecule has 1 aliphatic rings. The van der Waals surface area contributed by atoms with Gasteiger partial charge in [-0.25, -0.2) is 0 Å². The van der Waals surface area contributed by atoms with E-state index >= 15 is 0 Å². The minimum absolute atomic E-state index is 0.00851. The molecule has 6 heteroatoms. The van der Waals surface area contributed by atoms with Gasteiger partial charge in [0.1, 0.15) is 5.75 Å². The molecular weight excluding hydrogens is 366 g/mol. The number of aromatic hydroxyl groups is 1. The number of benzene rings is 2. The fraction of sp³-hybridized carbons (Fsp3) is 0.435. The third kappa shape index (κ3) is 5.15. The highest BCUT2D eigenvalue weighted by atomic mass is 16.3. The summed E-state index contributed by atoms with van der Waals surface area (Å²) in [6.45, 7) is 3.19. The van der Waals surface area contributed by atoms with Crippen LogP contribution in [0.25, 0.3) is 0 Å². The Hall–Kier alpha value is -2.41. The zero-order valence-electron chi connectivity index (χ0n) is 17.2. The number of likely N-dealkylation sites (tertiary alicyclic amines) is 1. The molecule has 0 bridgehead atoms. The Balaban J connectivity index is 1.75. The molecule has 0 saturated carbocycles. The quantitative estimate of drug-likeness (QED) is 0.663. The Morgan fingerprint density at radius 1 is 1.24 bits per heavy atom. The van der Waals surface area contributed by atoms with Crippen molar-refractivity contribution in [3.8, 4) is 5.75 Å². The first kappa shape index (κ1) is 21.3. The highest BCUT2D eigenvalue weighted by Gasteiger charge is 2.43. The number of carbonyl (C=O) groups is 1. The molecule has 1 saturated heterocycles. The fourth-order valence-electron chi connectivity index (χ4n) is 4.21. The van der Waals surface area contributed by atoms with Crippen LogP contribution in [0.3, 0.4) is 0 Å². The molecule has 2 aromatic carbocycles. The van der Waals surface area contributed by atoms with Gasteiger partial charge in [-0.15, -0.1) is 0 Å². The van der Waals surface area contributed by atoms with E-state index in [9.17, 15) is 15.0 Å². The van der Waals surface area contributed by atoms with Crippen molar-refractivity contribution in [2.24, 2.45) is 11.7 Å². The van der Waals surface area contributed by atoms with E-state index < -0.39 is 11.5 Å². The van der Waals surface area contributed by atoms with Crippen LogP contribution in [0, 0.1) is 5.92 Å². The topological polar surface area (TPSA) is 90.0 Å². The Morgan fingerprint density at radius 3 is 2.62 bits per heavy atom. The number of hydrogen-bond acceptors (Lipinski definition) is 5. The lowest BCUT2D eigenvalue weighted by molar-refractivity contribution is -0.0843. The smallest absolute Gasteiger partial charge is 0.248 e. The van der Waals surface area contributed by atoms with Crippen molar-refractivity contribution in [2.75, 3.05) is 40.3 Å². The van der Waals surface area contributed by atoms with Crippen LogP contribution in [0.5, 0.6) is 5.75 Å². The second-order valence-corrected chi connectivity index (χ2v) is 8.30. The number of nitrogens with zero attached hydrogens (tertiary/aromatic N) is 2. The van der Waals surface area contributed by atoms with Crippen LogP contribution in [-0.4, -0.2) is 66.2 Å². The van der Waals surface area contributed by atoms with Gasteiger partial charge in [0.05, 0.1) is 5.60 Å². The van der Waals surface area contributed by atoms with Gasteiger partial charge in [-0.1, -0.05) is 24.3 Å². The summed E-state index contributed by atoms with van der Waals surface area (Å²) in [6, 6.07) is 14.4. The number of amides is 1. The maximum absolute atomic E-state index is 11.7. The van der Waals surface area contributed by atoms with Crippen LogP contribution < -0.4 is 5.73 Å². The number of phenolic OH excluding ortho intramolecular Hbond substituents is 1. The number of carbonyl (C=O) groups excluding carboxylic acids is 1. The summed E-state index contributed by atoms with van der Waals surface area (Å²) in [5.74, 6) is -0.193. The molecule has 0 spiro atoms. The van der Waals surface area contributed by atoms with Gasteiger partial charge in [-0.2, -0.15) is 0 Å². The normalized spacial score (nSPS) is 22.7. The highest BCUT2D eigenvalue weighted by molar-refractivity contribution is 5.92. The van der Waals surface area contributed by atoms with Crippen molar-refractivity contribution in [3.05, 3.63) is 65.2 Å². The molecule has 2 aromatic rings. The second kappa shape index (κ2) is 8.95. The first-order valence-corrected chi connectivity index (χ1v) is 10.1. The first-order chi connectivity index (χ1) is 13.8. The zero-order chi connectivity index (χ0) is 21.0. The van der Waals surface area contributed by atoms with Crippen LogP contribution >= 0.6 is 0 Å². The van der Waals surface area contributed by atoms with Crippen molar-refractivity contribution in [1.82, 2.24) is 9.80 Å². The molecule has 4 N–H and O–H groups in total. The molecule has 0 aromatic heterocycles. The average Bonchev–Trinajstić information content (AvgIpc) is 2.69. The molecule has 29 heavy (non-hydrogen) atoms. The summed E-state index contributed by atoms with van der Waals surface area (Å²) in [7, 11) is 4.02. The molecule has 3 rings (SSSR count). The third-order valence-electron chi connectivity index (χ3n) is 5.85. The van der Waals surface area contributed by atoms with Crippen LogP contribution in [0.4, 0.5) is 0 Å². The molecule has 0 radical (unpaired) electrons. The fourth-order valence-corrected chi connectivity index (χ4v) is 4.21. The monoisotopic (exact) mass is 397 g/mol. The lowest BCUT2D eigenvalue weighted by Gasteiger charge is -2.46. The minimum Gasteiger partial charge on any atom is -0.508 e. The summed E-state index contributed by atoms with van der Waals surface area (Å²) < 4.78 is 0. The standard InChI is InChI=1S/C23H31N3O3/c1-25(2)15-20-16-26(12-10-17-6-8-21(27)9-7-17)13-11-23(20,29)19-5-3-4-18(14-19)22(24)28/h3-9,14,20,27,29H,10-13,15-16H2,1-2H3,(H2,24,28)/t20-,23-/m0/s1. The van der Waals surface area contributed by atoms with Gasteiger partial charge in [0, 0.05) is 37.7 Å². The van der Waals surface area contributed by atoms with Gasteiger partial charge in [-0.3, -0.25) is 4.79 Å². The summed E-state index contributed by atoms with van der Waals surface area (Å²) in [5.41, 5.74) is 6.82. The molecule has 6 nitrogen and oxygen atoms in total. The number of piperidine rings is 1. The SMILES string of the molecule is CN(C)C[C@H]1CN(CCc2ccc(O)cc2)CC[C@]1(O)c1cccc(C(N)=O)c1. The van der Waals surface area contributed by atoms with Gasteiger partial charge in [0.25, 0.3) is 0 Å². The molecule has 156 valence electrons. The lowest BCUT2D eigenvalue weighted by atomic mass is 9.75. The Morgan fingerprint density at radius 2 is 1.97 bits per heavy atom. The molecule has 1 amide bonds. The summed E-state index contributed by atoms with van der Waals surface area (Å²) in [6.07, 6.45) is 1.49. The van der Waals surface area contributed by atoms with Gasteiger partial charge >= 0.3 is 0 Å². The van der Waals surface area contributed by atoms with Gasteiger partial charge < -0.3 is 25.7 Å². The van der Waals surface area contributed by atoms with Crippen molar-refractivity contribution in [2.45, 2.75) is 18.4 Å². The number of phenols is 1. The van der Waals surface area contributed by atoms with E-state index in [0.717, 1.165) is 38.2 Å². The van der Waals surface area contributed by atoms with Gasteiger partial charge in [0.2, 0.25) is 5.91 Å². The van der Waals surface area contributed by atoms with E-state index in [1.807, 2.05) is 32.3 Å². The zero-order valence-corrected chi connectivity index (χ0v) is 17.2. The Bertz CT molecular complexity index is 838. The summed E-state index contributed by atoms with van der Waals surface area (Å²) >= 11 is 0. The molecule has 0 aliphatic carbocycles. The van der Waals surface area contributed by atoms with E-state index in [1.54, 1.807) is 30.3 Å². The number of aliphatic hydroxyl groups is 1. The predicted molar refractivity (Wildman–Crippen MR) is 114 cm³/mol. The lowest BCUT2D eigenvalue weighted by Crippen LogP contribution is -2.53. The Kier molecular flexibility index (Phi) is 6.57. The Labute approximate surface area is 172 Å². The summed E-state index contributed by atoms with van der Waals surface area (Å²) in [4.78, 5) is 16.1. The maximum Gasteiger partial charge on any atom is 0.248 e. The minimum atomic E-state index is -0.995. The number of hydrogen-bond donors (Lipinski definition) is 3. The van der Waals surface area contributed by atoms with Crippen LogP contribution in [0.2, 0.25) is 0 Å². The molecule has 0 unspecified atom stereocenters. The van der Waals surface area contributed by atoms with E-state index in [0.29, 0.717) is 12.0 Å². The summed E-state index contributed by atoms with van der Waals surface area (Å²) in [5, 5.41) is 21.1. The highest BCUT2D eigenvalue weighted by Crippen LogP contribution is 2.38.